The Labute approximate surface area is 174 Å². The van der Waals surface area contributed by atoms with Crippen molar-refractivity contribution in [1.82, 2.24) is 9.21 Å². The predicted octanol–water partition coefficient (Wildman–Crippen LogP) is 3.31. The van der Waals surface area contributed by atoms with Crippen LogP contribution in [-0.2, 0) is 14.8 Å². The monoisotopic (exact) mass is 419 g/mol. The summed E-state index contributed by atoms with van der Waals surface area (Å²) in [6.07, 6.45) is 8.37. The first-order valence-corrected chi connectivity index (χ1v) is 12.5. The SMILES string of the molecule is CC(C(=O)Nc1ccc(S(=O)(=O)N2CCCC2)cc1)N1CCC2CCCCC2C1. The van der Waals surface area contributed by atoms with Crippen molar-refractivity contribution in [3.63, 3.8) is 0 Å². The van der Waals surface area contributed by atoms with E-state index < -0.39 is 10.0 Å². The van der Waals surface area contributed by atoms with Crippen LogP contribution in [0.5, 0.6) is 0 Å². The summed E-state index contributed by atoms with van der Waals surface area (Å²) in [5, 5.41) is 2.97. The molecule has 1 aromatic carbocycles. The van der Waals surface area contributed by atoms with E-state index in [2.05, 4.69) is 10.2 Å². The zero-order chi connectivity index (χ0) is 20.4. The van der Waals surface area contributed by atoms with Gasteiger partial charge in [-0.1, -0.05) is 19.3 Å². The molecule has 29 heavy (non-hydrogen) atoms. The number of nitrogens with one attached hydrogen (secondary N) is 1. The molecule has 3 atom stereocenters. The molecular weight excluding hydrogens is 386 g/mol. The third kappa shape index (κ3) is 4.52. The Kier molecular flexibility index (Phi) is 6.27. The topological polar surface area (TPSA) is 69.7 Å². The van der Waals surface area contributed by atoms with Crippen LogP contribution >= 0.6 is 0 Å². The first-order valence-electron chi connectivity index (χ1n) is 11.1. The summed E-state index contributed by atoms with van der Waals surface area (Å²) < 4.78 is 26.8. The van der Waals surface area contributed by atoms with E-state index in [1.54, 1.807) is 24.3 Å². The maximum absolute atomic E-state index is 12.8. The Morgan fingerprint density at radius 1 is 0.966 bits per heavy atom. The Morgan fingerprint density at radius 3 is 2.31 bits per heavy atom. The van der Waals surface area contributed by atoms with Crippen molar-refractivity contribution in [2.24, 2.45) is 11.8 Å². The van der Waals surface area contributed by atoms with Gasteiger partial charge < -0.3 is 5.32 Å². The largest absolute Gasteiger partial charge is 0.325 e. The Hall–Kier alpha value is -1.44. The molecule has 6 nitrogen and oxygen atoms in total. The second-order valence-electron chi connectivity index (χ2n) is 8.89. The van der Waals surface area contributed by atoms with Gasteiger partial charge in [0, 0.05) is 25.3 Å². The number of nitrogens with zero attached hydrogens (tertiary/aromatic N) is 2. The lowest BCUT2D eigenvalue weighted by molar-refractivity contribution is -0.122. The van der Waals surface area contributed by atoms with Gasteiger partial charge in [-0.2, -0.15) is 4.31 Å². The molecule has 160 valence electrons. The van der Waals surface area contributed by atoms with Crippen molar-refractivity contribution in [2.75, 3.05) is 31.5 Å². The quantitative estimate of drug-likeness (QED) is 0.795. The van der Waals surface area contributed by atoms with Crippen molar-refractivity contribution >= 4 is 21.6 Å². The van der Waals surface area contributed by atoms with Gasteiger partial charge in [0.1, 0.15) is 0 Å². The average Bonchev–Trinajstić information content (AvgIpc) is 3.29. The predicted molar refractivity (Wildman–Crippen MR) is 114 cm³/mol. The van der Waals surface area contributed by atoms with Gasteiger partial charge in [-0.15, -0.1) is 0 Å². The number of hydrogen-bond acceptors (Lipinski definition) is 4. The summed E-state index contributed by atoms with van der Waals surface area (Å²) in [5.74, 6) is 1.57. The summed E-state index contributed by atoms with van der Waals surface area (Å²) in [4.78, 5) is 15.4. The Balaban J connectivity index is 1.35. The highest BCUT2D eigenvalue weighted by Gasteiger charge is 2.34. The maximum atomic E-state index is 12.8. The number of likely N-dealkylation sites (tertiary alicyclic amines) is 1. The molecule has 3 unspecified atom stereocenters. The summed E-state index contributed by atoms with van der Waals surface area (Å²) >= 11 is 0. The van der Waals surface area contributed by atoms with Gasteiger partial charge in [-0.05, 0) is 75.3 Å². The van der Waals surface area contributed by atoms with Crippen LogP contribution < -0.4 is 5.32 Å². The molecule has 2 saturated heterocycles. The van der Waals surface area contributed by atoms with Crippen LogP contribution in [0.3, 0.4) is 0 Å². The summed E-state index contributed by atoms with van der Waals surface area (Å²) in [6, 6.07) is 6.41. The van der Waals surface area contributed by atoms with Crippen LogP contribution in [0.2, 0.25) is 0 Å². The highest BCUT2D eigenvalue weighted by molar-refractivity contribution is 7.89. The molecule has 4 rings (SSSR count). The van der Waals surface area contributed by atoms with Crippen LogP contribution in [0.25, 0.3) is 0 Å². The number of carbonyl (C=O) groups is 1. The number of piperidine rings is 1. The number of sulfonamides is 1. The second-order valence-corrected chi connectivity index (χ2v) is 10.8. The van der Waals surface area contributed by atoms with Gasteiger partial charge in [0.15, 0.2) is 0 Å². The van der Waals surface area contributed by atoms with Gasteiger partial charge in [0.2, 0.25) is 15.9 Å². The fraction of sp³-hybridized carbons (Fsp3) is 0.682. The molecule has 2 aliphatic heterocycles. The highest BCUT2D eigenvalue weighted by atomic mass is 32.2. The number of anilines is 1. The number of carbonyl (C=O) groups excluding carboxylic acids is 1. The maximum Gasteiger partial charge on any atom is 0.243 e. The molecule has 2 heterocycles. The van der Waals surface area contributed by atoms with Crippen LogP contribution in [-0.4, -0.2) is 55.8 Å². The first-order chi connectivity index (χ1) is 13.9. The lowest BCUT2D eigenvalue weighted by Gasteiger charge is -2.43. The molecule has 3 aliphatic rings. The molecule has 0 spiro atoms. The number of rotatable bonds is 5. The van der Waals surface area contributed by atoms with E-state index in [-0.39, 0.29) is 11.9 Å². The zero-order valence-electron chi connectivity index (χ0n) is 17.3. The van der Waals surface area contributed by atoms with Gasteiger partial charge in [-0.25, -0.2) is 8.42 Å². The molecule has 3 fully saturated rings. The normalized spacial score (nSPS) is 27.3. The zero-order valence-corrected chi connectivity index (χ0v) is 18.2. The van der Waals surface area contributed by atoms with E-state index in [4.69, 9.17) is 0 Å². The minimum absolute atomic E-state index is 0.0191. The van der Waals surface area contributed by atoms with Crippen molar-refractivity contribution in [3.05, 3.63) is 24.3 Å². The van der Waals surface area contributed by atoms with E-state index in [1.807, 2.05) is 6.92 Å². The van der Waals surface area contributed by atoms with E-state index in [0.717, 1.165) is 37.8 Å². The number of amides is 1. The smallest absolute Gasteiger partial charge is 0.243 e. The number of benzene rings is 1. The van der Waals surface area contributed by atoms with Crippen molar-refractivity contribution in [2.45, 2.75) is 62.8 Å². The molecule has 1 saturated carbocycles. The summed E-state index contributed by atoms with van der Waals surface area (Å²) in [6.45, 7) is 5.17. The van der Waals surface area contributed by atoms with Gasteiger partial charge in [0.05, 0.1) is 10.9 Å². The van der Waals surface area contributed by atoms with Crippen LogP contribution in [0, 0.1) is 11.8 Å². The minimum atomic E-state index is -3.42. The standard InChI is InChI=1S/C22H33N3O3S/c1-17(24-15-12-18-6-2-3-7-19(18)16-24)22(26)23-20-8-10-21(11-9-20)29(27,28)25-13-4-5-14-25/h8-11,17-19H,2-7,12-16H2,1H3,(H,23,26). The molecular formula is C22H33N3O3S. The van der Waals surface area contributed by atoms with Crippen molar-refractivity contribution in [1.29, 1.82) is 0 Å². The van der Waals surface area contributed by atoms with Crippen molar-refractivity contribution < 1.29 is 13.2 Å². The van der Waals surface area contributed by atoms with E-state index in [9.17, 15) is 13.2 Å². The van der Waals surface area contributed by atoms with Gasteiger partial charge in [-0.3, -0.25) is 9.69 Å². The molecule has 0 aromatic heterocycles. The lowest BCUT2D eigenvalue weighted by atomic mass is 9.75. The Bertz CT molecular complexity index is 818. The third-order valence-electron chi connectivity index (χ3n) is 7.07. The fourth-order valence-electron chi connectivity index (χ4n) is 5.18. The van der Waals surface area contributed by atoms with E-state index >= 15 is 0 Å². The first kappa shape index (κ1) is 20.8. The van der Waals surface area contributed by atoms with Crippen LogP contribution in [0.15, 0.2) is 29.2 Å². The van der Waals surface area contributed by atoms with Crippen LogP contribution in [0.4, 0.5) is 5.69 Å². The molecule has 7 heteroatoms. The molecule has 1 aromatic rings. The average molecular weight is 420 g/mol. The van der Waals surface area contributed by atoms with Crippen LogP contribution in [0.1, 0.15) is 51.9 Å². The summed E-state index contributed by atoms with van der Waals surface area (Å²) in [5.41, 5.74) is 0.648. The molecule has 1 N–H and O–H groups in total. The molecule has 0 radical (unpaired) electrons. The fourth-order valence-corrected chi connectivity index (χ4v) is 6.70. The summed E-state index contributed by atoms with van der Waals surface area (Å²) in [7, 11) is -3.42. The van der Waals surface area contributed by atoms with Gasteiger partial charge in [0.25, 0.3) is 0 Å². The number of hydrogen-bond donors (Lipinski definition) is 1. The highest BCUT2D eigenvalue weighted by Crippen LogP contribution is 2.36. The van der Waals surface area contributed by atoms with Crippen molar-refractivity contribution in [3.8, 4) is 0 Å². The number of fused-ring (bicyclic) bond motifs is 1. The van der Waals surface area contributed by atoms with Gasteiger partial charge >= 0.3 is 0 Å². The molecule has 1 aliphatic carbocycles. The molecule has 0 bridgehead atoms. The minimum Gasteiger partial charge on any atom is -0.325 e. The van der Waals surface area contributed by atoms with E-state index in [0.29, 0.717) is 23.7 Å². The Morgan fingerprint density at radius 2 is 1.62 bits per heavy atom. The third-order valence-corrected chi connectivity index (χ3v) is 8.99. The molecule has 1 amide bonds. The van der Waals surface area contributed by atoms with E-state index in [1.165, 1.54) is 36.4 Å². The second kappa shape index (κ2) is 8.74. The lowest BCUT2D eigenvalue weighted by Crippen LogP contribution is -2.49.